The van der Waals surface area contributed by atoms with Crippen LogP contribution in [0, 0.1) is 0 Å². The maximum absolute atomic E-state index is 11.8. The van der Waals surface area contributed by atoms with Gasteiger partial charge in [0.2, 0.25) is 5.76 Å². The first-order chi connectivity index (χ1) is 6.83. The lowest BCUT2D eigenvalue weighted by Crippen LogP contribution is -2.39. The molecule has 1 unspecified atom stereocenters. The Bertz CT molecular complexity index is 310. The van der Waals surface area contributed by atoms with Crippen molar-refractivity contribution in [3.63, 3.8) is 0 Å². The molecule has 1 aliphatic heterocycles. The number of hydrogen-bond donors (Lipinski definition) is 1. The first-order valence-electron chi connectivity index (χ1n) is 4.74. The van der Waals surface area contributed by atoms with Crippen molar-refractivity contribution in [2.24, 2.45) is 5.73 Å². The number of carbonyl (C=O) groups excluding carboxylic acids is 1. The van der Waals surface area contributed by atoms with Gasteiger partial charge in [0.25, 0.3) is 5.91 Å². The fourth-order valence-corrected chi connectivity index (χ4v) is 1.82. The number of hydrogen-bond acceptors (Lipinski definition) is 4. The molecular weight excluding hydrogens is 182 g/mol. The van der Waals surface area contributed by atoms with E-state index in [1.165, 1.54) is 6.20 Å². The minimum Gasteiger partial charge on any atom is -0.351 e. The molecule has 1 aliphatic rings. The summed E-state index contributed by atoms with van der Waals surface area (Å²) in [5, 5.41) is 3.51. The third-order valence-corrected chi connectivity index (χ3v) is 2.56. The van der Waals surface area contributed by atoms with E-state index >= 15 is 0 Å². The number of nitrogens with zero attached hydrogens (tertiary/aromatic N) is 2. The van der Waals surface area contributed by atoms with Crippen molar-refractivity contribution in [2.75, 3.05) is 13.1 Å². The smallest absolute Gasteiger partial charge is 0.292 e. The maximum atomic E-state index is 11.8. The molecule has 0 aliphatic carbocycles. The van der Waals surface area contributed by atoms with Crippen LogP contribution in [-0.2, 0) is 0 Å². The Morgan fingerprint density at radius 3 is 3.29 bits per heavy atom. The zero-order chi connectivity index (χ0) is 9.97. The van der Waals surface area contributed by atoms with Gasteiger partial charge in [0.05, 0.1) is 6.20 Å². The normalized spacial score (nSPS) is 21.5. The van der Waals surface area contributed by atoms with Gasteiger partial charge in [0.1, 0.15) is 0 Å². The Balaban J connectivity index is 2.11. The summed E-state index contributed by atoms with van der Waals surface area (Å²) in [4.78, 5) is 13.6. The highest BCUT2D eigenvalue weighted by molar-refractivity contribution is 5.91. The van der Waals surface area contributed by atoms with Crippen LogP contribution in [0.5, 0.6) is 0 Å². The molecule has 0 saturated carbocycles. The molecule has 1 saturated heterocycles. The molecule has 0 aromatic carbocycles. The largest absolute Gasteiger partial charge is 0.351 e. The molecule has 2 heterocycles. The highest BCUT2D eigenvalue weighted by Gasteiger charge is 2.29. The molecule has 1 atom stereocenters. The predicted octanol–water partition coefficient (Wildman–Crippen LogP) is 0.238. The molecule has 1 aromatic heterocycles. The molecule has 0 bridgehead atoms. The molecule has 76 valence electrons. The van der Waals surface area contributed by atoms with E-state index in [0.29, 0.717) is 12.3 Å². The molecule has 14 heavy (non-hydrogen) atoms. The molecule has 0 radical (unpaired) electrons. The minimum absolute atomic E-state index is 0.101. The Labute approximate surface area is 81.8 Å². The second kappa shape index (κ2) is 3.79. The van der Waals surface area contributed by atoms with E-state index in [1.807, 2.05) is 0 Å². The molecule has 5 nitrogen and oxygen atoms in total. The topological polar surface area (TPSA) is 72.4 Å². The summed E-state index contributed by atoms with van der Waals surface area (Å²) in [5.41, 5.74) is 5.58. The van der Waals surface area contributed by atoms with Crippen molar-refractivity contribution in [3.8, 4) is 0 Å². The SMILES string of the molecule is NCC1CCCN1C(=O)c1ccno1. The Hall–Kier alpha value is -1.36. The minimum atomic E-state index is -0.101. The lowest BCUT2D eigenvalue weighted by molar-refractivity contribution is 0.0699. The molecule has 5 heteroatoms. The number of aromatic nitrogens is 1. The summed E-state index contributed by atoms with van der Waals surface area (Å²) in [6, 6.07) is 1.74. The van der Waals surface area contributed by atoms with E-state index in [9.17, 15) is 4.79 Å². The summed E-state index contributed by atoms with van der Waals surface area (Å²) in [6.07, 6.45) is 3.47. The molecule has 0 spiro atoms. The average Bonchev–Trinajstić information content (AvgIpc) is 2.87. The monoisotopic (exact) mass is 195 g/mol. The Morgan fingerprint density at radius 2 is 2.64 bits per heavy atom. The first kappa shape index (κ1) is 9.21. The molecule has 2 N–H and O–H groups in total. The average molecular weight is 195 g/mol. The van der Waals surface area contributed by atoms with Crippen LogP contribution in [0.4, 0.5) is 0 Å². The summed E-state index contributed by atoms with van der Waals surface area (Å²) in [5.74, 6) is 0.195. The molecule has 1 aromatic rings. The number of rotatable bonds is 2. The van der Waals surface area contributed by atoms with Gasteiger partial charge in [-0.3, -0.25) is 4.79 Å². The van der Waals surface area contributed by atoms with Gasteiger partial charge in [0, 0.05) is 25.2 Å². The standard InChI is InChI=1S/C9H13N3O2/c10-6-7-2-1-5-12(7)9(13)8-3-4-11-14-8/h3-4,7H,1-2,5-6,10H2. The van der Waals surface area contributed by atoms with Gasteiger partial charge in [-0.2, -0.15) is 0 Å². The lowest BCUT2D eigenvalue weighted by atomic mass is 10.2. The third kappa shape index (κ3) is 1.50. The molecule has 1 fully saturated rings. The zero-order valence-corrected chi connectivity index (χ0v) is 7.85. The highest BCUT2D eigenvalue weighted by Crippen LogP contribution is 2.18. The van der Waals surface area contributed by atoms with Crippen molar-refractivity contribution in [3.05, 3.63) is 18.0 Å². The third-order valence-electron chi connectivity index (χ3n) is 2.56. The summed E-state index contributed by atoms with van der Waals surface area (Å²) < 4.78 is 4.82. The van der Waals surface area contributed by atoms with Crippen LogP contribution in [-0.4, -0.2) is 35.1 Å². The van der Waals surface area contributed by atoms with Gasteiger partial charge in [0.15, 0.2) is 0 Å². The summed E-state index contributed by atoms with van der Waals surface area (Å²) >= 11 is 0. The summed E-state index contributed by atoms with van der Waals surface area (Å²) in [6.45, 7) is 1.28. The highest BCUT2D eigenvalue weighted by atomic mass is 16.5. The van der Waals surface area contributed by atoms with E-state index in [-0.39, 0.29) is 11.9 Å². The molecule has 1 amide bonds. The van der Waals surface area contributed by atoms with Crippen LogP contribution in [0.15, 0.2) is 16.8 Å². The number of carbonyl (C=O) groups is 1. The Morgan fingerprint density at radius 1 is 1.79 bits per heavy atom. The van der Waals surface area contributed by atoms with Gasteiger partial charge in [-0.25, -0.2) is 0 Å². The zero-order valence-electron chi connectivity index (χ0n) is 7.85. The van der Waals surface area contributed by atoms with Crippen LogP contribution in [0.1, 0.15) is 23.4 Å². The van der Waals surface area contributed by atoms with Crippen molar-refractivity contribution in [1.82, 2.24) is 10.1 Å². The van der Waals surface area contributed by atoms with Crippen LogP contribution in [0.3, 0.4) is 0 Å². The predicted molar refractivity (Wildman–Crippen MR) is 49.6 cm³/mol. The van der Waals surface area contributed by atoms with Crippen molar-refractivity contribution >= 4 is 5.91 Å². The van der Waals surface area contributed by atoms with Crippen LogP contribution >= 0.6 is 0 Å². The van der Waals surface area contributed by atoms with Gasteiger partial charge in [-0.05, 0) is 12.8 Å². The number of likely N-dealkylation sites (tertiary alicyclic amines) is 1. The van der Waals surface area contributed by atoms with Crippen molar-refractivity contribution in [2.45, 2.75) is 18.9 Å². The van der Waals surface area contributed by atoms with Gasteiger partial charge in [-0.1, -0.05) is 5.16 Å². The van der Waals surface area contributed by atoms with E-state index in [0.717, 1.165) is 19.4 Å². The van der Waals surface area contributed by atoms with Crippen LogP contribution in [0.25, 0.3) is 0 Å². The second-order valence-electron chi connectivity index (χ2n) is 3.41. The molecular formula is C9H13N3O2. The van der Waals surface area contributed by atoms with E-state index in [4.69, 9.17) is 10.3 Å². The Kier molecular flexibility index (Phi) is 2.49. The van der Waals surface area contributed by atoms with Gasteiger partial charge >= 0.3 is 0 Å². The number of amides is 1. The van der Waals surface area contributed by atoms with E-state index < -0.39 is 0 Å². The van der Waals surface area contributed by atoms with Gasteiger partial charge < -0.3 is 15.2 Å². The van der Waals surface area contributed by atoms with Crippen LogP contribution in [0.2, 0.25) is 0 Å². The maximum Gasteiger partial charge on any atom is 0.292 e. The van der Waals surface area contributed by atoms with E-state index in [2.05, 4.69) is 5.16 Å². The fraction of sp³-hybridized carbons (Fsp3) is 0.556. The first-order valence-corrected chi connectivity index (χ1v) is 4.74. The lowest BCUT2D eigenvalue weighted by Gasteiger charge is -2.21. The van der Waals surface area contributed by atoms with Crippen molar-refractivity contribution in [1.29, 1.82) is 0 Å². The summed E-state index contributed by atoms with van der Waals surface area (Å²) in [7, 11) is 0. The van der Waals surface area contributed by atoms with Gasteiger partial charge in [-0.15, -0.1) is 0 Å². The van der Waals surface area contributed by atoms with E-state index in [1.54, 1.807) is 11.0 Å². The molecule has 2 rings (SSSR count). The van der Waals surface area contributed by atoms with Crippen LogP contribution < -0.4 is 5.73 Å². The van der Waals surface area contributed by atoms with Crippen molar-refractivity contribution < 1.29 is 9.32 Å². The number of nitrogens with two attached hydrogens (primary N) is 1. The fourth-order valence-electron chi connectivity index (χ4n) is 1.82. The second-order valence-corrected chi connectivity index (χ2v) is 3.41. The quantitative estimate of drug-likeness (QED) is 0.733.